The molecular weight excluding hydrogens is 248 g/mol. The Balaban J connectivity index is 2.32. The second-order valence-electron chi connectivity index (χ2n) is 6.80. The van der Waals surface area contributed by atoms with Gasteiger partial charge in [0.25, 0.3) is 5.56 Å². The minimum Gasteiger partial charge on any atom is -0.380 e. The molecule has 0 amide bonds. The Bertz CT molecular complexity index is 756. The topological polar surface area (TPSA) is 44.9 Å². The van der Waals surface area contributed by atoms with Crippen molar-refractivity contribution < 1.29 is 0 Å². The van der Waals surface area contributed by atoms with Crippen LogP contribution in [-0.4, -0.2) is 10.5 Å². The molecule has 20 heavy (non-hydrogen) atoms. The van der Waals surface area contributed by atoms with E-state index in [0.717, 1.165) is 34.1 Å². The van der Waals surface area contributed by atoms with E-state index in [0.29, 0.717) is 5.92 Å². The number of nitrogens with one attached hydrogen (secondary N) is 2. The Morgan fingerprint density at radius 3 is 2.60 bits per heavy atom. The summed E-state index contributed by atoms with van der Waals surface area (Å²) in [4.78, 5) is 14.9. The fourth-order valence-electron chi connectivity index (χ4n) is 3.43. The number of benzene rings is 1. The van der Waals surface area contributed by atoms with Gasteiger partial charge in [-0.3, -0.25) is 4.79 Å². The molecule has 1 aromatic heterocycles. The van der Waals surface area contributed by atoms with E-state index in [2.05, 4.69) is 43.2 Å². The molecule has 0 fully saturated rings. The predicted molar refractivity (Wildman–Crippen MR) is 84.8 cm³/mol. The van der Waals surface area contributed by atoms with Crippen molar-refractivity contribution in [3.8, 4) is 0 Å². The third-order valence-electron chi connectivity index (χ3n) is 4.57. The summed E-state index contributed by atoms with van der Waals surface area (Å²) in [5, 5.41) is 4.75. The van der Waals surface area contributed by atoms with Crippen LogP contribution in [0.15, 0.2) is 16.9 Å². The van der Waals surface area contributed by atoms with Gasteiger partial charge in [-0.15, -0.1) is 0 Å². The molecule has 3 rings (SSSR count). The molecule has 3 heteroatoms. The molecular formula is C17H22N2O. The van der Waals surface area contributed by atoms with E-state index in [4.69, 9.17) is 0 Å². The van der Waals surface area contributed by atoms with Crippen LogP contribution < -0.4 is 10.9 Å². The Hall–Kier alpha value is -1.77. The summed E-state index contributed by atoms with van der Waals surface area (Å²) in [7, 11) is 0. The van der Waals surface area contributed by atoms with Gasteiger partial charge in [0.15, 0.2) is 0 Å². The standard InChI is InChI=1S/C17H22N2O/c1-9-8-17(4,5)19-15-7-14-13(6-12(9)15)10(2)11(3)16(20)18-14/h6-7,9,19H,8H2,1-5H3,(H,18,20). The summed E-state index contributed by atoms with van der Waals surface area (Å²) in [5.74, 6) is 0.525. The van der Waals surface area contributed by atoms with E-state index in [-0.39, 0.29) is 11.1 Å². The average molecular weight is 270 g/mol. The minimum atomic E-state index is 0.0121. The van der Waals surface area contributed by atoms with E-state index in [1.807, 2.05) is 13.8 Å². The fourth-order valence-corrected chi connectivity index (χ4v) is 3.43. The highest BCUT2D eigenvalue weighted by atomic mass is 16.1. The molecule has 2 aromatic rings. The molecule has 0 bridgehead atoms. The summed E-state index contributed by atoms with van der Waals surface area (Å²) < 4.78 is 0. The molecule has 2 N–H and O–H groups in total. The maximum Gasteiger partial charge on any atom is 0.251 e. The van der Waals surface area contributed by atoms with Crippen molar-refractivity contribution in [2.45, 2.75) is 52.5 Å². The number of aromatic nitrogens is 1. The second-order valence-corrected chi connectivity index (χ2v) is 6.80. The Labute approximate surface area is 119 Å². The number of anilines is 1. The van der Waals surface area contributed by atoms with Gasteiger partial charge < -0.3 is 10.3 Å². The lowest BCUT2D eigenvalue weighted by atomic mass is 9.81. The van der Waals surface area contributed by atoms with Crippen molar-refractivity contribution >= 4 is 16.6 Å². The first-order valence-corrected chi connectivity index (χ1v) is 7.24. The smallest absolute Gasteiger partial charge is 0.251 e. The molecule has 1 atom stereocenters. The number of rotatable bonds is 0. The molecule has 1 aliphatic rings. The Morgan fingerprint density at radius 1 is 1.20 bits per heavy atom. The maximum absolute atomic E-state index is 11.9. The number of aromatic amines is 1. The third kappa shape index (κ3) is 1.92. The van der Waals surface area contributed by atoms with Crippen LogP contribution in [0.2, 0.25) is 0 Å². The molecule has 1 aliphatic heterocycles. The van der Waals surface area contributed by atoms with E-state index in [1.165, 1.54) is 5.56 Å². The summed E-state index contributed by atoms with van der Waals surface area (Å²) in [5.41, 5.74) is 5.44. The maximum atomic E-state index is 11.9. The van der Waals surface area contributed by atoms with Gasteiger partial charge in [0.2, 0.25) is 0 Å². The molecule has 0 spiro atoms. The number of H-pyrrole nitrogens is 1. The minimum absolute atomic E-state index is 0.0121. The molecule has 0 saturated carbocycles. The van der Waals surface area contributed by atoms with Crippen molar-refractivity contribution in [1.29, 1.82) is 0 Å². The highest BCUT2D eigenvalue weighted by Crippen LogP contribution is 2.40. The van der Waals surface area contributed by atoms with Crippen molar-refractivity contribution in [3.63, 3.8) is 0 Å². The molecule has 0 aliphatic carbocycles. The van der Waals surface area contributed by atoms with Crippen molar-refractivity contribution in [1.82, 2.24) is 4.98 Å². The van der Waals surface area contributed by atoms with Gasteiger partial charge in [-0.1, -0.05) is 6.92 Å². The lowest BCUT2D eigenvalue weighted by Crippen LogP contribution is -2.36. The van der Waals surface area contributed by atoms with Gasteiger partial charge in [0.05, 0.1) is 5.52 Å². The van der Waals surface area contributed by atoms with Gasteiger partial charge in [-0.05, 0) is 63.3 Å². The zero-order valence-electron chi connectivity index (χ0n) is 12.8. The number of pyridine rings is 1. The molecule has 3 nitrogen and oxygen atoms in total. The number of fused-ring (bicyclic) bond motifs is 2. The molecule has 1 aromatic carbocycles. The Morgan fingerprint density at radius 2 is 1.90 bits per heavy atom. The first kappa shape index (κ1) is 13.2. The van der Waals surface area contributed by atoms with Crippen LogP contribution in [0.4, 0.5) is 5.69 Å². The molecule has 0 radical (unpaired) electrons. The van der Waals surface area contributed by atoms with Crippen molar-refractivity contribution in [2.24, 2.45) is 0 Å². The van der Waals surface area contributed by atoms with Gasteiger partial charge >= 0.3 is 0 Å². The normalized spacial score (nSPS) is 20.6. The van der Waals surface area contributed by atoms with Gasteiger partial charge in [-0.2, -0.15) is 0 Å². The van der Waals surface area contributed by atoms with E-state index in [1.54, 1.807) is 0 Å². The zero-order chi connectivity index (χ0) is 14.7. The molecule has 0 saturated heterocycles. The van der Waals surface area contributed by atoms with Gasteiger partial charge in [0.1, 0.15) is 0 Å². The first-order valence-electron chi connectivity index (χ1n) is 7.24. The monoisotopic (exact) mass is 270 g/mol. The van der Waals surface area contributed by atoms with Crippen molar-refractivity contribution in [3.05, 3.63) is 39.2 Å². The summed E-state index contributed by atoms with van der Waals surface area (Å²) in [6.45, 7) is 10.6. The summed E-state index contributed by atoms with van der Waals surface area (Å²) in [6, 6.07) is 4.34. The summed E-state index contributed by atoms with van der Waals surface area (Å²) >= 11 is 0. The molecule has 1 unspecified atom stereocenters. The predicted octanol–water partition coefficient (Wildman–Crippen LogP) is 3.84. The van der Waals surface area contributed by atoms with Crippen LogP contribution in [0, 0.1) is 13.8 Å². The lowest BCUT2D eigenvalue weighted by molar-refractivity contribution is 0.454. The first-order chi connectivity index (χ1) is 9.28. The van der Waals surface area contributed by atoms with Crippen LogP contribution in [0.5, 0.6) is 0 Å². The molecule has 2 heterocycles. The summed E-state index contributed by atoms with van der Waals surface area (Å²) in [6.07, 6.45) is 1.12. The van der Waals surface area contributed by atoms with Gasteiger partial charge in [-0.25, -0.2) is 0 Å². The lowest BCUT2D eigenvalue weighted by Gasteiger charge is -2.37. The van der Waals surface area contributed by atoms with E-state index >= 15 is 0 Å². The quantitative estimate of drug-likeness (QED) is 0.764. The zero-order valence-corrected chi connectivity index (χ0v) is 12.8. The van der Waals surface area contributed by atoms with Crippen LogP contribution in [-0.2, 0) is 0 Å². The largest absolute Gasteiger partial charge is 0.380 e. The highest BCUT2D eigenvalue weighted by molar-refractivity contribution is 5.88. The second kappa shape index (κ2) is 4.11. The number of hydrogen-bond acceptors (Lipinski definition) is 2. The Kier molecular flexibility index (Phi) is 2.72. The van der Waals surface area contributed by atoms with Gasteiger partial charge in [0, 0.05) is 22.2 Å². The van der Waals surface area contributed by atoms with Crippen LogP contribution >= 0.6 is 0 Å². The van der Waals surface area contributed by atoms with E-state index in [9.17, 15) is 4.79 Å². The van der Waals surface area contributed by atoms with E-state index < -0.39 is 0 Å². The number of aryl methyl sites for hydroxylation is 1. The van der Waals surface area contributed by atoms with Crippen LogP contribution in [0.1, 0.15) is 49.8 Å². The highest BCUT2D eigenvalue weighted by Gasteiger charge is 2.29. The number of hydrogen-bond donors (Lipinski definition) is 2. The van der Waals surface area contributed by atoms with Crippen LogP contribution in [0.25, 0.3) is 10.9 Å². The molecule has 106 valence electrons. The van der Waals surface area contributed by atoms with Crippen molar-refractivity contribution in [2.75, 3.05) is 5.32 Å². The SMILES string of the molecule is Cc1c(C)c2cc3c(cc2[nH]c1=O)NC(C)(C)CC3C. The third-order valence-corrected chi connectivity index (χ3v) is 4.57. The fraction of sp³-hybridized carbons (Fsp3) is 0.471. The van der Waals surface area contributed by atoms with Crippen LogP contribution in [0.3, 0.4) is 0 Å². The average Bonchev–Trinajstić information content (AvgIpc) is 2.33.